The zero-order chi connectivity index (χ0) is 25.6. The minimum atomic E-state index is -3.26. The van der Waals surface area contributed by atoms with Crippen LogP contribution in [0.3, 0.4) is 0 Å². The molecule has 4 aromatic rings. The van der Waals surface area contributed by atoms with E-state index < -0.39 is 13.3 Å². The zero-order valence-corrected chi connectivity index (χ0v) is 26.4. The summed E-state index contributed by atoms with van der Waals surface area (Å²) in [6.07, 6.45) is 0. The van der Waals surface area contributed by atoms with Crippen molar-refractivity contribution in [2.45, 2.75) is 27.7 Å². The number of benzene rings is 4. The maximum absolute atomic E-state index is 5.68. The van der Waals surface area contributed by atoms with Crippen LogP contribution in [-0.2, 0) is 0 Å². The van der Waals surface area contributed by atoms with E-state index >= 15 is 0 Å². The summed E-state index contributed by atoms with van der Waals surface area (Å²) in [7, 11) is 3.43. The molecule has 0 fully saturated rings. The van der Waals surface area contributed by atoms with Crippen LogP contribution in [0.2, 0.25) is 0 Å². The van der Waals surface area contributed by atoms with Gasteiger partial charge in [-0.2, -0.15) is 0 Å². The van der Waals surface area contributed by atoms with Gasteiger partial charge in [-0.15, -0.1) is 0 Å². The van der Waals surface area contributed by atoms with Gasteiger partial charge in [-0.05, 0) is 0 Å². The first-order chi connectivity index (χ1) is 17.1. The molecule has 5 rings (SSSR count). The van der Waals surface area contributed by atoms with E-state index in [9.17, 15) is 0 Å². The van der Waals surface area contributed by atoms with E-state index in [1.165, 1.54) is 28.7 Å². The van der Waals surface area contributed by atoms with Crippen molar-refractivity contribution < 1.29 is 9.47 Å². The second-order valence-corrected chi connectivity index (χ2v) is 17.1. The molecule has 1 aliphatic heterocycles. The molecular formula is C30H32Br2GeO2. The fourth-order valence-corrected chi connectivity index (χ4v) is 17.6. The number of halogens is 2. The van der Waals surface area contributed by atoms with Crippen LogP contribution in [0.5, 0.6) is 11.5 Å². The Morgan fingerprint density at radius 1 is 0.543 bits per heavy atom. The summed E-state index contributed by atoms with van der Waals surface area (Å²) < 4.78 is 18.9. The number of ether oxygens (including phenoxy) is 2. The van der Waals surface area contributed by atoms with Crippen molar-refractivity contribution >= 4 is 62.7 Å². The van der Waals surface area contributed by atoms with Crippen LogP contribution in [-0.4, -0.2) is 27.5 Å². The summed E-state index contributed by atoms with van der Waals surface area (Å²) in [6, 6.07) is 30.9. The van der Waals surface area contributed by atoms with Gasteiger partial charge < -0.3 is 0 Å². The first-order valence-electron chi connectivity index (χ1n) is 12.0. The molecule has 0 N–H and O–H groups in total. The van der Waals surface area contributed by atoms with Gasteiger partial charge in [-0.1, -0.05) is 27.7 Å². The van der Waals surface area contributed by atoms with Gasteiger partial charge >= 0.3 is 203 Å². The molecule has 1 heterocycles. The van der Waals surface area contributed by atoms with E-state index in [1.54, 1.807) is 14.2 Å². The average molecular weight is 657 g/mol. The van der Waals surface area contributed by atoms with Gasteiger partial charge in [-0.3, -0.25) is 0 Å². The molecule has 5 heteroatoms. The van der Waals surface area contributed by atoms with Gasteiger partial charge in [0.05, 0.1) is 0 Å². The predicted molar refractivity (Wildman–Crippen MR) is 160 cm³/mol. The number of hydrogen-bond donors (Lipinski definition) is 0. The summed E-state index contributed by atoms with van der Waals surface area (Å²) in [5.41, 5.74) is 2.46. The number of hydrogen-bond acceptors (Lipinski definition) is 2. The minimum absolute atomic E-state index is 0.839. The Morgan fingerprint density at radius 3 is 1.20 bits per heavy atom. The molecule has 0 bridgehead atoms. The number of fused-ring (bicyclic) bond motifs is 3. The molecule has 2 nitrogen and oxygen atoms in total. The summed E-state index contributed by atoms with van der Waals surface area (Å²) in [5, 5.41) is 0. The van der Waals surface area contributed by atoms with Gasteiger partial charge in [0.2, 0.25) is 0 Å². The third kappa shape index (κ3) is 4.73. The second-order valence-electron chi connectivity index (χ2n) is 7.55. The molecule has 0 amide bonds. The van der Waals surface area contributed by atoms with Crippen molar-refractivity contribution in [1.82, 2.24) is 0 Å². The summed E-state index contributed by atoms with van der Waals surface area (Å²) in [5.74, 6) is 1.68. The molecule has 0 spiro atoms. The van der Waals surface area contributed by atoms with E-state index in [0.717, 1.165) is 20.4 Å². The average Bonchev–Trinajstić information content (AvgIpc) is 3.19. The molecule has 0 saturated carbocycles. The first-order valence-corrected chi connectivity index (χ1v) is 17.8. The summed E-state index contributed by atoms with van der Waals surface area (Å²) in [6.45, 7) is 8.00. The van der Waals surface area contributed by atoms with E-state index in [1.807, 2.05) is 27.7 Å². The van der Waals surface area contributed by atoms with Crippen molar-refractivity contribution in [1.29, 1.82) is 0 Å². The Kier molecular flexibility index (Phi) is 9.68. The third-order valence-electron chi connectivity index (χ3n) is 6.10. The van der Waals surface area contributed by atoms with Gasteiger partial charge in [-0.25, -0.2) is 0 Å². The SMILES string of the molecule is CC.CC.COc1cc2[c](cc1Br)[Ge]([c]1ccccc1)([c]1ccccc1)[c]1cc(Br)c(OC)cc1-2. The van der Waals surface area contributed by atoms with E-state index in [-0.39, 0.29) is 0 Å². The Morgan fingerprint density at radius 2 is 0.886 bits per heavy atom. The van der Waals surface area contributed by atoms with E-state index in [2.05, 4.69) is 117 Å². The Balaban J connectivity index is 0.000000815. The fraction of sp³-hybridized carbons (Fsp3) is 0.200. The molecular weight excluding hydrogens is 625 g/mol. The van der Waals surface area contributed by atoms with Gasteiger partial charge in [0.25, 0.3) is 0 Å². The molecule has 0 aromatic heterocycles. The van der Waals surface area contributed by atoms with Gasteiger partial charge in [0, 0.05) is 0 Å². The number of rotatable bonds is 4. The van der Waals surface area contributed by atoms with Crippen LogP contribution >= 0.6 is 31.9 Å². The van der Waals surface area contributed by atoms with Crippen LogP contribution in [0.4, 0.5) is 0 Å². The summed E-state index contributed by atoms with van der Waals surface area (Å²) >= 11 is 4.28. The standard InChI is InChI=1S/C26H20Br2GeO2.2C2H6/c1-30-25-13-19-20-14-26(31-2)22(28)16-24(20)29(23(19)15-21(25)27,17-9-5-3-6-10-17)18-11-7-4-8-12-18;2*1-2/h3-16H,1-2H3;2*1-2H3. The molecule has 0 atom stereocenters. The summed E-state index contributed by atoms with van der Waals surface area (Å²) in [4.78, 5) is 0. The maximum atomic E-state index is 5.68. The Bertz CT molecular complexity index is 1170. The normalized spacial score (nSPS) is 12.2. The van der Waals surface area contributed by atoms with Gasteiger partial charge in [0.15, 0.2) is 0 Å². The third-order valence-corrected chi connectivity index (χ3v) is 17.5. The molecule has 1 aliphatic rings. The predicted octanol–water partition coefficient (Wildman–Crippen LogP) is 6.64. The van der Waals surface area contributed by atoms with E-state index in [4.69, 9.17) is 9.47 Å². The topological polar surface area (TPSA) is 18.5 Å². The molecule has 0 radical (unpaired) electrons. The van der Waals surface area contributed by atoms with Crippen LogP contribution in [0.25, 0.3) is 11.1 Å². The fourth-order valence-electron chi connectivity index (χ4n) is 4.80. The molecule has 0 aliphatic carbocycles. The van der Waals surface area contributed by atoms with Crippen LogP contribution in [0, 0.1) is 0 Å². The van der Waals surface area contributed by atoms with Crippen molar-refractivity contribution in [3.8, 4) is 22.6 Å². The quantitative estimate of drug-likeness (QED) is 0.202. The molecule has 182 valence electrons. The Labute approximate surface area is 229 Å². The zero-order valence-electron chi connectivity index (χ0n) is 21.2. The van der Waals surface area contributed by atoms with Crippen LogP contribution in [0.1, 0.15) is 27.7 Å². The first kappa shape index (κ1) is 27.6. The number of methoxy groups -OCH3 is 2. The van der Waals surface area contributed by atoms with Gasteiger partial charge in [0.1, 0.15) is 0 Å². The van der Waals surface area contributed by atoms with Crippen LogP contribution < -0.4 is 27.1 Å². The van der Waals surface area contributed by atoms with Crippen molar-refractivity contribution in [3.05, 3.63) is 93.9 Å². The monoisotopic (exact) mass is 656 g/mol. The molecule has 4 aromatic carbocycles. The molecule has 0 saturated heterocycles. The van der Waals surface area contributed by atoms with Crippen LogP contribution in [0.15, 0.2) is 93.9 Å². The Hall–Kier alpha value is -2.02. The van der Waals surface area contributed by atoms with E-state index in [0.29, 0.717) is 0 Å². The molecule has 35 heavy (non-hydrogen) atoms. The molecule has 0 unspecified atom stereocenters. The van der Waals surface area contributed by atoms with Crippen molar-refractivity contribution in [2.75, 3.05) is 14.2 Å². The van der Waals surface area contributed by atoms with Crippen molar-refractivity contribution in [3.63, 3.8) is 0 Å². The van der Waals surface area contributed by atoms with Crippen molar-refractivity contribution in [2.24, 2.45) is 0 Å². The second kappa shape index (κ2) is 12.3.